The van der Waals surface area contributed by atoms with E-state index >= 15 is 0 Å². The summed E-state index contributed by atoms with van der Waals surface area (Å²) in [6, 6.07) is 5.08. The van der Waals surface area contributed by atoms with E-state index in [1.165, 1.54) is 12.1 Å². The molecule has 2 aromatic rings. The fraction of sp³-hybridized carbons (Fsp3) is 0. The van der Waals surface area contributed by atoms with Gasteiger partial charge in [-0.05, 0) is 23.9 Å². The maximum absolute atomic E-state index is 10.9. The van der Waals surface area contributed by atoms with Crippen molar-refractivity contribution in [1.82, 2.24) is 9.97 Å². The fourth-order valence-electron chi connectivity index (χ4n) is 1.52. The Labute approximate surface area is 122 Å². The van der Waals surface area contributed by atoms with Crippen LogP contribution in [-0.2, 0) is 0 Å². The van der Waals surface area contributed by atoms with Crippen molar-refractivity contribution < 1.29 is 14.8 Å². The second kappa shape index (κ2) is 5.63. The monoisotopic (exact) mass is 307 g/mol. The Morgan fingerprint density at radius 2 is 1.86 bits per heavy atom. The van der Waals surface area contributed by atoms with Crippen LogP contribution in [0.25, 0.3) is 0 Å². The average Bonchev–Trinajstić information content (AvgIpc) is 2.36. The molecule has 0 radical (unpaired) electrons. The molecule has 1 heterocycles. The summed E-state index contributed by atoms with van der Waals surface area (Å²) < 4.78 is 0. The predicted molar refractivity (Wildman–Crippen MR) is 75.0 cm³/mol. The predicted octanol–water partition coefficient (Wildman–Crippen LogP) is 1.40. The van der Waals surface area contributed by atoms with E-state index in [-0.39, 0.29) is 16.8 Å². The zero-order valence-corrected chi connectivity index (χ0v) is 11.2. The molecule has 0 aliphatic carbocycles. The van der Waals surface area contributed by atoms with E-state index in [1.807, 2.05) is 0 Å². The van der Waals surface area contributed by atoms with Gasteiger partial charge in [-0.15, -0.1) is 0 Å². The summed E-state index contributed by atoms with van der Waals surface area (Å²) in [4.78, 5) is 29.3. The third-order valence-corrected chi connectivity index (χ3v) is 3.21. The van der Waals surface area contributed by atoms with Gasteiger partial charge in [0.15, 0.2) is 5.16 Å². The van der Waals surface area contributed by atoms with E-state index in [1.54, 1.807) is 0 Å². The maximum atomic E-state index is 10.9. The van der Waals surface area contributed by atoms with Crippen LogP contribution in [0.5, 0.6) is 0 Å². The molecule has 2 rings (SSSR count). The highest BCUT2D eigenvalue weighted by atomic mass is 32.2. The molecule has 0 spiro atoms. The normalized spacial score (nSPS) is 10.3. The molecule has 9 nitrogen and oxygen atoms in total. The molecule has 108 valence electrons. The van der Waals surface area contributed by atoms with E-state index < -0.39 is 22.1 Å². The summed E-state index contributed by atoms with van der Waals surface area (Å²) in [5, 5.41) is 20.0. The molecule has 0 aliphatic heterocycles. The first-order valence-corrected chi connectivity index (χ1v) is 6.28. The van der Waals surface area contributed by atoms with Crippen molar-refractivity contribution in [2.75, 3.05) is 11.5 Å². The first-order valence-electron chi connectivity index (χ1n) is 5.46. The van der Waals surface area contributed by atoms with E-state index in [0.29, 0.717) is 4.90 Å². The standard InChI is InChI=1S/C11H9N5O4S/c12-8-4-9(13)15-11(14-8)21-5-1-2-6(10(17)18)7(3-5)16(19)20/h1-4H,(H,17,18)(H4,12,13,14,15). The zero-order valence-electron chi connectivity index (χ0n) is 10.4. The lowest BCUT2D eigenvalue weighted by Crippen LogP contribution is -2.03. The lowest BCUT2D eigenvalue weighted by Gasteiger charge is -2.04. The van der Waals surface area contributed by atoms with Crippen molar-refractivity contribution in [3.8, 4) is 0 Å². The van der Waals surface area contributed by atoms with Crippen molar-refractivity contribution in [2.45, 2.75) is 10.1 Å². The van der Waals surface area contributed by atoms with Gasteiger partial charge in [-0.1, -0.05) is 0 Å². The van der Waals surface area contributed by atoms with Crippen LogP contribution in [0.15, 0.2) is 34.3 Å². The van der Waals surface area contributed by atoms with Gasteiger partial charge in [-0.25, -0.2) is 14.8 Å². The highest BCUT2D eigenvalue weighted by molar-refractivity contribution is 7.99. The molecule has 0 bridgehead atoms. The molecule has 0 unspecified atom stereocenters. The van der Waals surface area contributed by atoms with Crippen LogP contribution in [0.2, 0.25) is 0 Å². The van der Waals surface area contributed by atoms with Gasteiger partial charge in [0.2, 0.25) is 0 Å². The Morgan fingerprint density at radius 3 is 2.38 bits per heavy atom. The van der Waals surface area contributed by atoms with Crippen LogP contribution >= 0.6 is 11.8 Å². The van der Waals surface area contributed by atoms with E-state index in [0.717, 1.165) is 23.9 Å². The molecule has 0 aliphatic rings. The average molecular weight is 307 g/mol. The summed E-state index contributed by atoms with van der Waals surface area (Å²) in [5.74, 6) is -1.04. The van der Waals surface area contributed by atoms with Gasteiger partial charge in [-0.2, -0.15) is 0 Å². The molecule has 0 saturated heterocycles. The van der Waals surface area contributed by atoms with E-state index in [9.17, 15) is 14.9 Å². The van der Waals surface area contributed by atoms with Crippen LogP contribution in [0.4, 0.5) is 17.3 Å². The highest BCUT2D eigenvalue weighted by Gasteiger charge is 2.20. The van der Waals surface area contributed by atoms with Crippen molar-refractivity contribution in [3.05, 3.63) is 39.9 Å². The molecule has 0 amide bonds. The second-order valence-corrected chi connectivity index (χ2v) is 4.88. The first-order chi connectivity index (χ1) is 9.86. The lowest BCUT2D eigenvalue weighted by molar-refractivity contribution is -0.385. The van der Waals surface area contributed by atoms with Crippen molar-refractivity contribution >= 4 is 35.1 Å². The molecule has 1 aromatic heterocycles. The van der Waals surface area contributed by atoms with Gasteiger partial charge in [0.05, 0.1) is 4.92 Å². The minimum atomic E-state index is -1.37. The molecular weight excluding hydrogens is 298 g/mol. The van der Waals surface area contributed by atoms with Crippen LogP contribution < -0.4 is 11.5 Å². The Balaban J connectivity index is 2.39. The number of carboxylic acid groups (broad SMARTS) is 1. The maximum Gasteiger partial charge on any atom is 0.342 e. The third kappa shape index (κ3) is 3.36. The number of benzene rings is 1. The summed E-state index contributed by atoms with van der Waals surface area (Å²) >= 11 is 0.988. The first kappa shape index (κ1) is 14.5. The number of hydrogen-bond donors (Lipinski definition) is 3. The van der Waals surface area contributed by atoms with Gasteiger partial charge in [-0.3, -0.25) is 10.1 Å². The minimum absolute atomic E-state index is 0.168. The fourth-order valence-corrected chi connectivity index (χ4v) is 2.34. The van der Waals surface area contributed by atoms with E-state index in [2.05, 4.69) is 9.97 Å². The summed E-state index contributed by atoms with van der Waals surface area (Å²) in [6.07, 6.45) is 0. The van der Waals surface area contributed by atoms with Crippen LogP contribution in [0.3, 0.4) is 0 Å². The molecule has 0 saturated carbocycles. The van der Waals surface area contributed by atoms with Gasteiger partial charge in [0.25, 0.3) is 5.69 Å². The smallest absolute Gasteiger partial charge is 0.342 e. The Hall–Kier alpha value is -2.88. The number of nitrogens with two attached hydrogens (primary N) is 2. The number of nitrogens with zero attached hydrogens (tertiary/aromatic N) is 3. The van der Waals surface area contributed by atoms with Crippen LogP contribution in [0, 0.1) is 10.1 Å². The number of aromatic carboxylic acids is 1. The molecule has 0 fully saturated rings. The molecular formula is C11H9N5O4S. The Bertz CT molecular complexity index is 716. The number of nitro groups is 1. The Morgan fingerprint density at radius 1 is 1.24 bits per heavy atom. The number of carboxylic acids is 1. The second-order valence-electron chi connectivity index (χ2n) is 3.84. The summed E-state index contributed by atoms with van der Waals surface area (Å²) in [7, 11) is 0. The number of anilines is 2. The van der Waals surface area contributed by atoms with Crippen molar-refractivity contribution in [3.63, 3.8) is 0 Å². The van der Waals surface area contributed by atoms with Gasteiger partial charge in [0, 0.05) is 17.0 Å². The largest absolute Gasteiger partial charge is 0.477 e. The van der Waals surface area contributed by atoms with Crippen molar-refractivity contribution in [1.29, 1.82) is 0 Å². The summed E-state index contributed by atoms with van der Waals surface area (Å²) in [5.41, 5.74) is 10.1. The number of hydrogen-bond acceptors (Lipinski definition) is 8. The Kier molecular flexibility index (Phi) is 3.89. The molecule has 0 atom stereocenters. The number of carbonyl (C=O) groups is 1. The number of nitrogen functional groups attached to an aromatic ring is 2. The SMILES string of the molecule is Nc1cc(N)nc(Sc2ccc(C(=O)O)c([N+](=O)[O-])c2)n1. The van der Waals surface area contributed by atoms with Gasteiger partial charge >= 0.3 is 5.97 Å². The highest BCUT2D eigenvalue weighted by Crippen LogP contribution is 2.30. The van der Waals surface area contributed by atoms with E-state index in [4.69, 9.17) is 16.6 Å². The minimum Gasteiger partial charge on any atom is -0.477 e. The third-order valence-electron chi connectivity index (χ3n) is 2.35. The van der Waals surface area contributed by atoms with Crippen LogP contribution in [-0.4, -0.2) is 26.0 Å². The van der Waals surface area contributed by atoms with Gasteiger partial charge < -0.3 is 16.6 Å². The zero-order chi connectivity index (χ0) is 15.6. The topological polar surface area (TPSA) is 158 Å². The lowest BCUT2D eigenvalue weighted by atomic mass is 10.2. The van der Waals surface area contributed by atoms with Gasteiger partial charge in [0.1, 0.15) is 17.2 Å². The van der Waals surface area contributed by atoms with Crippen molar-refractivity contribution in [2.24, 2.45) is 0 Å². The molecule has 1 aromatic carbocycles. The number of nitro benzene ring substituents is 1. The number of rotatable bonds is 4. The molecule has 5 N–H and O–H groups in total. The molecule has 10 heteroatoms. The molecule has 21 heavy (non-hydrogen) atoms. The quantitative estimate of drug-likeness (QED) is 0.431. The number of aromatic nitrogens is 2. The summed E-state index contributed by atoms with van der Waals surface area (Å²) in [6.45, 7) is 0. The van der Waals surface area contributed by atoms with Crippen LogP contribution in [0.1, 0.15) is 10.4 Å².